The predicted molar refractivity (Wildman–Crippen MR) is 247 cm³/mol. The van der Waals surface area contributed by atoms with Gasteiger partial charge in [0.15, 0.2) is 0 Å². The lowest BCUT2D eigenvalue weighted by atomic mass is 9.81. The third kappa shape index (κ3) is 4.42. The molecule has 0 atom stereocenters. The molecule has 1 heterocycles. The molecule has 0 radical (unpaired) electrons. The van der Waals surface area contributed by atoms with Crippen molar-refractivity contribution < 1.29 is 4.42 Å². The van der Waals surface area contributed by atoms with Crippen molar-refractivity contribution in [2.24, 2.45) is 0 Å². The van der Waals surface area contributed by atoms with Gasteiger partial charge in [-0.15, -0.1) is 0 Å². The molecular formula is C57H38O. The van der Waals surface area contributed by atoms with Crippen LogP contribution in [0.3, 0.4) is 0 Å². The fraction of sp³-hybridized carbons (Fsp3) is 0.0877. The summed E-state index contributed by atoms with van der Waals surface area (Å²) in [5, 5.41) is 15.1. The van der Waals surface area contributed by atoms with Crippen molar-refractivity contribution >= 4 is 87.4 Å². The van der Waals surface area contributed by atoms with Crippen LogP contribution in [0.1, 0.15) is 48.1 Å². The van der Waals surface area contributed by atoms with E-state index >= 15 is 0 Å². The van der Waals surface area contributed by atoms with E-state index in [4.69, 9.17) is 4.42 Å². The summed E-state index contributed by atoms with van der Waals surface area (Å²) >= 11 is 0. The second-order valence-corrected chi connectivity index (χ2v) is 17.1. The van der Waals surface area contributed by atoms with Gasteiger partial charge in [0.05, 0.1) is 0 Å². The first-order valence-corrected chi connectivity index (χ1v) is 20.6. The van der Waals surface area contributed by atoms with Gasteiger partial charge in [-0.2, -0.15) is 0 Å². The van der Waals surface area contributed by atoms with Crippen LogP contribution in [0.15, 0.2) is 168 Å². The van der Waals surface area contributed by atoms with Crippen LogP contribution >= 0.6 is 0 Å². The molecule has 0 aliphatic heterocycles. The molecule has 0 unspecified atom stereocenters. The van der Waals surface area contributed by atoms with Crippen molar-refractivity contribution in [2.75, 3.05) is 0 Å². The molecule has 0 spiro atoms. The van der Waals surface area contributed by atoms with Gasteiger partial charge in [0.1, 0.15) is 11.2 Å². The Morgan fingerprint density at radius 2 is 1.07 bits per heavy atom. The van der Waals surface area contributed by atoms with Crippen molar-refractivity contribution in [2.45, 2.75) is 32.1 Å². The highest BCUT2D eigenvalue weighted by atomic mass is 16.3. The van der Waals surface area contributed by atoms with Crippen molar-refractivity contribution in [1.29, 1.82) is 0 Å². The molecule has 2 aliphatic rings. The molecule has 0 N–H and O–H groups in total. The van der Waals surface area contributed by atoms with Gasteiger partial charge < -0.3 is 4.42 Å². The molecule has 0 bridgehead atoms. The monoisotopic (exact) mass is 738 g/mol. The number of rotatable bonds is 2. The lowest BCUT2D eigenvalue weighted by Crippen LogP contribution is -2.14. The Hall–Kier alpha value is -6.96. The Balaban J connectivity index is 0.907. The first-order chi connectivity index (χ1) is 28.5. The SMILES string of the molecule is CC1(C)c2ccc(C3=Cc4ccc(-c5ccc6c(c5)c5ccccc5c5cc7c(cc65)oc5ccc6ccccc6c57)cc4CC3)cc2-c2c1ccc1ccccc21. The van der Waals surface area contributed by atoms with Gasteiger partial charge in [-0.25, -0.2) is 0 Å². The quantitative estimate of drug-likeness (QED) is 0.161. The lowest BCUT2D eigenvalue weighted by molar-refractivity contribution is 0.661. The average molecular weight is 739 g/mol. The number of hydrogen-bond donors (Lipinski definition) is 0. The first kappa shape index (κ1) is 32.2. The van der Waals surface area contributed by atoms with Crippen LogP contribution in [0, 0.1) is 0 Å². The fourth-order valence-electron chi connectivity index (χ4n) is 10.8. The van der Waals surface area contributed by atoms with Crippen LogP contribution in [-0.4, -0.2) is 0 Å². The van der Waals surface area contributed by atoms with Gasteiger partial charge >= 0.3 is 0 Å². The summed E-state index contributed by atoms with van der Waals surface area (Å²) in [6.07, 6.45) is 4.50. The summed E-state index contributed by atoms with van der Waals surface area (Å²) in [7, 11) is 0. The molecule has 11 aromatic rings. The Morgan fingerprint density at radius 3 is 1.91 bits per heavy atom. The Morgan fingerprint density at radius 1 is 0.431 bits per heavy atom. The third-order valence-electron chi connectivity index (χ3n) is 13.7. The van der Waals surface area contributed by atoms with Crippen LogP contribution < -0.4 is 0 Å². The summed E-state index contributed by atoms with van der Waals surface area (Å²) in [5.41, 5.74) is 15.5. The summed E-state index contributed by atoms with van der Waals surface area (Å²) in [4.78, 5) is 0. The largest absolute Gasteiger partial charge is 0.456 e. The standard InChI is InChI=1S/C57H38O/c1-57(2)51-24-21-40(30-49(51)55-41-11-5-3-9-33(41)20-25-52(55)57)38-18-16-35-27-37(17-15-36(35)28-38)39-19-23-45-46(29-39)43-13-7-8-14-44(43)47-31-50-54(32-48(45)47)58-53-26-22-34-10-4-6-12-42(34)56(50)53/h3-15,17,19-32H,16,18H2,1-2H3. The Bertz CT molecular complexity index is 3650. The summed E-state index contributed by atoms with van der Waals surface area (Å²) in [5.74, 6) is 0. The molecule has 0 amide bonds. The molecular weight excluding hydrogens is 701 g/mol. The topological polar surface area (TPSA) is 13.1 Å². The first-order valence-electron chi connectivity index (χ1n) is 20.6. The van der Waals surface area contributed by atoms with E-state index in [1.54, 1.807) is 0 Å². The zero-order chi connectivity index (χ0) is 38.3. The molecule has 10 aromatic carbocycles. The molecule has 272 valence electrons. The highest BCUT2D eigenvalue weighted by molar-refractivity contribution is 6.30. The molecule has 13 rings (SSSR count). The van der Waals surface area contributed by atoms with Crippen molar-refractivity contribution in [3.05, 3.63) is 192 Å². The minimum absolute atomic E-state index is 0.0178. The summed E-state index contributed by atoms with van der Waals surface area (Å²) in [6, 6.07) is 61.3. The highest BCUT2D eigenvalue weighted by Crippen LogP contribution is 2.52. The number of allylic oxidation sites excluding steroid dienone is 1. The van der Waals surface area contributed by atoms with E-state index in [-0.39, 0.29) is 5.41 Å². The number of furan rings is 1. The third-order valence-corrected chi connectivity index (χ3v) is 13.7. The number of hydrogen-bond acceptors (Lipinski definition) is 1. The lowest BCUT2D eigenvalue weighted by Gasteiger charge is -2.22. The number of fused-ring (bicyclic) bond motifs is 17. The van der Waals surface area contributed by atoms with Crippen molar-refractivity contribution in [3.8, 4) is 22.3 Å². The van der Waals surface area contributed by atoms with E-state index in [1.165, 1.54) is 120 Å². The predicted octanol–water partition coefficient (Wildman–Crippen LogP) is 15.8. The van der Waals surface area contributed by atoms with Gasteiger partial charge in [-0.05, 0) is 153 Å². The summed E-state index contributed by atoms with van der Waals surface area (Å²) in [6.45, 7) is 4.75. The highest BCUT2D eigenvalue weighted by Gasteiger charge is 2.36. The molecule has 2 aliphatic carbocycles. The smallest absolute Gasteiger partial charge is 0.136 e. The van der Waals surface area contributed by atoms with Crippen molar-refractivity contribution in [1.82, 2.24) is 0 Å². The van der Waals surface area contributed by atoms with Crippen LogP contribution in [0.4, 0.5) is 0 Å². The molecule has 0 fully saturated rings. The zero-order valence-electron chi connectivity index (χ0n) is 32.5. The van der Waals surface area contributed by atoms with E-state index in [1.807, 2.05) is 0 Å². The van der Waals surface area contributed by atoms with Gasteiger partial charge in [0.2, 0.25) is 0 Å². The maximum atomic E-state index is 6.56. The van der Waals surface area contributed by atoms with E-state index in [2.05, 4.69) is 184 Å². The van der Waals surface area contributed by atoms with Gasteiger partial charge in [0, 0.05) is 16.2 Å². The van der Waals surface area contributed by atoms with Crippen molar-refractivity contribution in [3.63, 3.8) is 0 Å². The second kappa shape index (κ2) is 11.6. The molecule has 58 heavy (non-hydrogen) atoms. The van der Waals surface area contributed by atoms with Gasteiger partial charge in [0.25, 0.3) is 0 Å². The number of benzene rings is 10. The van der Waals surface area contributed by atoms with Crippen LogP contribution in [0.5, 0.6) is 0 Å². The summed E-state index contributed by atoms with van der Waals surface area (Å²) < 4.78 is 6.56. The van der Waals surface area contributed by atoms with Crippen LogP contribution in [0.2, 0.25) is 0 Å². The Labute approximate surface area is 336 Å². The average Bonchev–Trinajstić information content (AvgIpc) is 3.76. The molecule has 0 saturated heterocycles. The van der Waals surface area contributed by atoms with Crippen LogP contribution in [0.25, 0.3) is 110 Å². The molecule has 1 nitrogen and oxygen atoms in total. The van der Waals surface area contributed by atoms with E-state index < -0.39 is 0 Å². The minimum Gasteiger partial charge on any atom is -0.456 e. The molecule has 0 saturated carbocycles. The minimum atomic E-state index is -0.0178. The second-order valence-electron chi connectivity index (χ2n) is 17.1. The fourth-order valence-corrected chi connectivity index (χ4v) is 10.8. The van der Waals surface area contributed by atoms with E-state index in [0.29, 0.717) is 0 Å². The zero-order valence-corrected chi connectivity index (χ0v) is 32.5. The maximum absolute atomic E-state index is 6.56. The number of aryl methyl sites for hydroxylation is 1. The molecule has 1 heteroatoms. The molecule has 1 aromatic heterocycles. The van der Waals surface area contributed by atoms with Gasteiger partial charge in [-0.1, -0.05) is 153 Å². The van der Waals surface area contributed by atoms with Crippen LogP contribution in [-0.2, 0) is 11.8 Å². The Kier molecular flexibility index (Phi) is 6.41. The maximum Gasteiger partial charge on any atom is 0.136 e. The normalized spacial score (nSPS) is 14.5. The van der Waals surface area contributed by atoms with Gasteiger partial charge in [-0.3, -0.25) is 0 Å². The van der Waals surface area contributed by atoms with E-state index in [0.717, 1.165) is 24.0 Å². The van der Waals surface area contributed by atoms with E-state index in [9.17, 15) is 0 Å².